The van der Waals surface area contributed by atoms with E-state index in [0.29, 0.717) is 6.29 Å². The number of carbonyl (C=O) groups is 3. The molecule has 0 spiro atoms. The normalized spacial score (nSPS) is 11.3. The van der Waals surface area contributed by atoms with Crippen LogP contribution < -0.4 is 14.8 Å². The summed E-state index contributed by atoms with van der Waals surface area (Å²) in [4.78, 5) is 36.0. The number of hydrogen-bond acceptors (Lipinski definition) is 6. The van der Waals surface area contributed by atoms with Gasteiger partial charge in [0.25, 0.3) is 5.91 Å². The first-order chi connectivity index (χ1) is 13.3. The summed E-state index contributed by atoms with van der Waals surface area (Å²) in [5.74, 6) is -3.39. The molecule has 148 valence electrons. The number of carbonyl (C=O) groups excluding carboxylic acids is 3. The lowest BCUT2D eigenvalue weighted by atomic mass is 10.1. The van der Waals surface area contributed by atoms with Crippen molar-refractivity contribution in [1.29, 1.82) is 0 Å². The zero-order chi connectivity index (χ0) is 20.8. The quantitative estimate of drug-likeness (QED) is 0.575. The summed E-state index contributed by atoms with van der Waals surface area (Å²) in [5, 5.41) is 2.13. The van der Waals surface area contributed by atoms with Crippen molar-refractivity contribution < 1.29 is 37.4 Å². The van der Waals surface area contributed by atoms with E-state index in [1.165, 1.54) is 33.3 Å². The van der Waals surface area contributed by atoms with Crippen molar-refractivity contribution in [2.75, 3.05) is 19.5 Å². The highest BCUT2D eigenvalue weighted by Gasteiger charge is 2.26. The summed E-state index contributed by atoms with van der Waals surface area (Å²) in [6, 6.07) is 5.29. The Bertz CT molecular complexity index is 916. The predicted octanol–water partition coefficient (Wildman–Crippen LogP) is 2.98. The molecule has 1 amide bonds. The number of halogens is 2. The molecule has 9 heteroatoms. The van der Waals surface area contributed by atoms with Crippen LogP contribution in [0.5, 0.6) is 11.5 Å². The van der Waals surface area contributed by atoms with Crippen LogP contribution in [0.1, 0.15) is 27.6 Å². The number of aldehydes is 1. The molecule has 0 aromatic heterocycles. The zero-order valence-corrected chi connectivity index (χ0v) is 15.2. The fraction of sp³-hybridized carbons (Fsp3) is 0.211. The summed E-state index contributed by atoms with van der Waals surface area (Å²) >= 11 is 0. The molecule has 0 radical (unpaired) electrons. The Balaban J connectivity index is 2.23. The van der Waals surface area contributed by atoms with Gasteiger partial charge in [0.1, 0.15) is 17.2 Å². The lowest BCUT2D eigenvalue weighted by Crippen LogP contribution is -2.30. The van der Waals surface area contributed by atoms with Crippen molar-refractivity contribution in [3.05, 3.63) is 53.1 Å². The summed E-state index contributed by atoms with van der Waals surface area (Å²) in [6.07, 6.45) is -0.962. The van der Waals surface area contributed by atoms with Gasteiger partial charge >= 0.3 is 5.97 Å². The van der Waals surface area contributed by atoms with Gasteiger partial charge in [-0.3, -0.25) is 9.59 Å². The molecule has 2 aromatic carbocycles. The van der Waals surface area contributed by atoms with Crippen LogP contribution >= 0.6 is 0 Å². The van der Waals surface area contributed by atoms with Gasteiger partial charge in [-0.15, -0.1) is 0 Å². The average Bonchev–Trinajstić information content (AvgIpc) is 2.69. The van der Waals surface area contributed by atoms with Crippen molar-refractivity contribution in [2.45, 2.75) is 13.0 Å². The molecule has 1 N–H and O–H groups in total. The number of rotatable bonds is 7. The van der Waals surface area contributed by atoms with Gasteiger partial charge in [-0.2, -0.15) is 0 Å². The van der Waals surface area contributed by atoms with Gasteiger partial charge in [-0.05, 0) is 31.2 Å². The largest absolute Gasteiger partial charge is 0.493 e. The molecule has 0 fully saturated rings. The fourth-order valence-electron chi connectivity index (χ4n) is 2.35. The van der Waals surface area contributed by atoms with Crippen molar-refractivity contribution in [2.24, 2.45) is 0 Å². The maximum absolute atomic E-state index is 13.6. The summed E-state index contributed by atoms with van der Waals surface area (Å²) in [7, 11) is 2.61. The fourth-order valence-corrected chi connectivity index (χ4v) is 2.35. The van der Waals surface area contributed by atoms with Gasteiger partial charge in [0, 0.05) is 11.6 Å². The number of anilines is 1. The first-order valence-electron chi connectivity index (χ1n) is 7.99. The molecule has 28 heavy (non-hydrogen) atoms. The molecule has 0 saturated carbocycles. The van der Waals surface area contributed by atoms with Gasteiger partial charge in [0.15, 0.2) is 23.9 Å². The number of esters is 1. The highest BCUT2D eigenvalue weighted by atomic mass is 19.1. The third kappa shape index (κ3) is 4.43. The van der Waals surface area contributed by atoms with Crippen LogP contribution in [0.3, 0.4) is 0 Å². The van der Waals surface area contributed by atoms with Crippen molar-refractivity contribution >= 4 is 23.9 Å². The van der Waals surface area contributed by atoms with Crippen molar-refractivity contribution in [3.63, 3.8) is 0 Å². The van der Waals surface area contributed by atoms with Crippen LogP contribution in [0.15, 0.2) is 30.3 Å². The Labute approximate surface area is 159 Å². The minimum absolute atomic E-state index is 0.0357. The van der Waals surface area contributed by atoms with E-state index < -0.39 is 35.3 Å². The molecule has 1 atom stereocenters. The van der Waals surface area contributed by atoms with E-state index in [9.17, 15) is 23.2 Å². The number of hydrogen-bond donors (Lipinski definition) is 1. The van der Waals surface area contributed by atoms with Gasteiger partial charge in [-0.1, -0.05) is 0 Å². The SMILES string of the molecule is COc1ccc(C=O)c(C(=O)O[C@@H](C)C(=O)Nc2cc(F)ccc2F)c1OC. The van der Waals surface area contributed by atoms with Crippen molar-refractivity contribution in [3.8, 4) is 11.5 Å². The molecule has 2 aromatic rings. The molecular weight excluding hydrogens is 376 g/mol. The minimum atomic E-state index is -1.38. The molecule has 7 nitrogen and oxygen atoms in total. The van der Waals surface area contributed by atoms with E-state index in [1.807, 2.05) is 0 Å². The Morgan fingerprint density at radius 2 is 1.82 bits per heavy atom. The Kier molecular flexibility index (Phi) is 6.64. The highest BCUT2D eigenvalue weighted by molar-refractivity contribution is 6.03. The second-order valence-electron chi connectivity index (χ2n) is 5.54. The Morgan fingerprint density at radius 1 is 1.11 bits per heavy atom. The van der Waals surface area contributed by atoms with Gasteiger partial charge in [-0.25, -0.2) is 13.6 Å². The van der Waals surface area contributed by atoms with E-state index in [2.05, 4.69) is 5.32 Å². The van der Waals surface area contributed by atoms with E-state index in [1.54, 1.807) is 0 Å². The zero-order valence-electron chi connectivity index (χ0n) is 15.2. The van der Waals surface area contributed by atoms with Crippen molar-refractivity contribution in [1.82, 2.24) is 0 Å². The summed E-state index contributed by atoms with van der Waals surface area (Å²) in [6.45, 7) is 1.23. The molecule has 0 aliphatic rings. The molecule has 0 heterocycles. The standard InChI is InChI=1S/C19H17F2NO6/c1-10(18(24)22-14-8-12(20)5-6-13(14)21)28-19(25)16-11(9-23)4-7-15(26-2)17(16)27-3/h4-10H,1-3H3,(H,22,24)/t10-/m0/s1. The average molecular weight is 393 g/mol. The monoisotopic (exact) mass is 393 g/mol. The maximum atomic E-state index is 13.6. The van der Waals surface area contributed by atoms with E-state index in [-0.39, 0.29) is 22.6 Å². The smallest absolute Gasteiger partial charge is 0.343 e. The minimum Gasteiger partial charge on any atom is -0.493 e. The molecule has 0 aliphatic heterocycles. The first kappa shape index (κ1) is 20.8. The molecule has 0 unspecified atom stereocenters. The third-order valence-corrected chi connectivity index (χ3v) is 3.75. The number of amides is 1. The van der Waals surface area contributed by atoms with E-state index in [4.69, 9.17) is 14.2 Å². The topological polar surface area (TPSA) is 90.9 Å². The third-order valence-electron chi connectivity index (χ3n) is 3.75. The molecule has 0 saturated heterocycles. The Hall–Kier alpha value is -3.49. The summed E-state index contributed by atoms with van der Waals surface area (Å²) in [5.41, 5.74) is -0.666. The van der Waals surface area contributed by atoms with Crippen LogP contribution in [0, 0.1) is 11.6 Å². The predicted molar refractivity (Wildman–Crippen MR) is 94.8 cm³/mol. The molecular formula is C19H17F2NO6. The van der Waals surface area contributed by atoms with Gasteiger partial charge in [0.2, 0.25) is 0 Å². The number of ether oxygens (including phenoxy) is 3. The van der Waals surface area contributed by atoms with Crippen LogP contribution in [0.25, 0.3) is 0 Å². The Morgan fingerprint density at radius 3 is 2.43 bits per heavy atom. The van der Waals surface area contributed by atoms with Crippen LogP contribution in [-0.4, -0.2) is 38.5 Å². The van der Waals surface area contributed by atoms with Crippen LogP contribution in [0.4, 0.5) is 14.5 Å². The maximum Gasteiger partial charge on any atom is 0.343 e. The van der Waals surface area contributed by atoms with E-state index >= 15 is 0 Å². The highest BCUT2D eigenvalue weighted by Crippen LogP contribution is 2.33. The number of nitrogens with one attached hydrogen (secondary N) is 1. The lowest BCUT2D eigenvalue weighted by Gasteiger charge is -2.17. The van der Waals surface area contributed by atoms with E-state index in [0.717, 1.165) is 18.2 Å². The number of benzene rings is 2. The van der Waals surface area contributed by atoms with Gasteiger partial charge in [0.05, 0.1) is 19.9 Å². The second kappa shape index (κ2) is 8.94. The van der Waals surface area contributed by atoms with Gasteiger partial charge < -0.3 is 19.5 Å². The molecule has 2 rings (SSSR count). The lowest BCUT2D eigenvalue weighted by molar-refractivity contribution is -0.123. The number of methoxy groups -OCH3 is 2. The van der Waals surface area contributed by atoms with Crippen LogP contribution in [-0.2, 0) is 9.53 Å². The summed E-state index contributed by atoms with van der Waals surface area (Å²) < 4.78 is 42.1. The second-order valence-corrected chi connectivity index (χ2v) is 5.54. The first-order valence-corrected chi connectivity index (χ1v) is 7.99. The van der Waals surface area contributed by atoms with Crippen LogP contribution in [0.2, 0.25) is 0 Å². The molecule has 0 aliphatic carbocycles. The molecule has 0 bridgehead atoms.